The van der Waals surface area contributed by atoms with E-state index in [1.807, 2.05) is 26.0 Å². The fourth-order valence-corrected chi connectivity index (χ4v) is 1.90. The molecule has 0 aliphatic rings. The van der Waals surface area contributed by atoms with Gasteiger partial charge in [-0.25, -0.2) is 4.79 Å². The molecule has 1 unspecified atom stereocenters. The molecule has 0 heterocycles. The lowest BCUT2D eigenvalue weighted by atomic mass is 9.94. The second-order valence-corrected chi connectivity index (χ2v) is 5.53. The van der Waals surface area contributed by atoms with E-state index in [1.165, 1.54) is 7.11 Å². The number of nitrogens with two attached hydrogens (primary N) is 1. The first-order chi connectivity index (χ1) is 9.74. The second kappa shape index (κ2) is 6.97. The fourth-order valence-electron chi connectivity index (χ4n) is 1.90. The Labute approximate surface area is 125 Å². The van der Waals surface area contributed by atoms with Crippen molar-refractivity contribution in [1.29, 1.82) is 0 Å². The Kier molecular flexibility index (Phi) is 5.58. The van der Waals surface area contributed by atoms with Crippen LogP contribution in [0.3, 0.4) is 0 Å². The summed E-state index contributed by atoms with van der Waals surface area (Å²) in [7, 11) is 1.32. The number of anilines is 1. The largest absolute Gasteiger partial charge is 0.469 e. The van der Waals surface area contributed by atoms with Crippen LogP contribution in [0, 0.1) is 0 Å². The first kappa shape index (κ1) is 16.8. The third-order valence-corrected chi connectivity index (χ3v) is 3.14. The van der Waals surface area contributed by atoms with Crippen LogP contribution < -0.4 is 16.4 Å². The number of nitrogens with one attached hydrogen (secondary N) is 2. The molecule has 1 rings (SSSR count). The molecular weight excluding hydrogens is 270 g/mol. The van der Waals surface area contributed by atoms with E-state index in [4.69, 9.17) is 5.73 Å². The van der Waals surface area contributed by atoms with Gasteiger partial charge in [0.2, 0.25) is 0 Å². The third-order valence-electron chi connectivity index (χ3n) is 3.14. The molecule has 21 heavy (non-hydrogen) atoms. The fraction of sp³-hybridized carbons (Fsp3) is 0.467. The topological polar surface area (TPSA) is 93.4 Å². The molecule has 6 heteroatoms. The Bertz CT molecular complexity index is 497. The first-order valence-corrected chi connectivity index (χ1v) is 6.76. The highest BCUT2D eigenvalue weighted by Crippen LogP contribution is 2.20. The molecule has 1 atom stereocenters. The predicted octanol–water partition coefficient (Wildman–Crippen LogP) is 1.75. The lowest BCUT2D eigenvalue weighted by Crippen LogP contribution is -2.49. The molecule has 6 nitrogen and oxygen atoms in total. The molecule has 0 radical (unpaired) electrons. The van der Waals surface area contributed by atoms with Crippen molar-refractivity contribution in [1.82, 2.24) is 10.6 Å². The number of urea groups is 1. The van der Waals surface area contributed by atoms with Gasteiger partial charge in [0.05, 0.1) is 19.1 Å². The minimum Gasteiger partial charge on any atom is -0.469 e. The summed E-state index contributed by atoms with van der Waals surface area (Å²) in [4.78, 5) is 23.1. The van der Waals surface area contributed by atoms with Gasteiger partial charge < -0.3 is 21.1 Å². The zero-order valence-corrected chi connectivity index (χ0v) is 12.9. The second-order valence-electron chi connectivity index (χ2n) is 5.53. The number of methoxy groups -OCH3 is 1. The number of hydrogen-bond donors (Lipinski definition) is 3. The van der Waals surface area contributed by atoms with E-state index >= 15 is 0 Å². The van der Waals surface area contributed by atoms with Crippen molar-refractivity contribution in [3.63, 3.8) is 0 Å². The van der Waals surface area contributed by atoms with Gasteiger partial charge in [0, 0.05) is 11.7 Å². The monoisotopic (exact) mass is 293 g/mol. The van der Waals surface area contributed by atoms with Crippen molar-refractivity contribution in [3.05, 3.63) is 29.8 Å². The molecule has 1 aromatic carbocycles. The quantitative estimate of drug-likeness (QED) is 0.569. The molecule has 0 aromatic heterocycles. The summed E-state index contributed by atoms with van der Waals surface area (Å²) < 4.78 is 4.56. The van der Waals surface area contributed by atoms with E-state index in [0.29, 0.717) is 5.69 Å². The molecule has 2 amide bonds. The van der Waals surface area contributed by atoms with Gasteiger partial charge in [-0.2, -0.15) is 0 Å². The van der Waals surface area contributed by atoms with E-state index in [-0.39, 0.29) is 24.5 Å². The van der Waals surface area contributed by atoms with E-state index < -0.39 is 5.54 Å². The van der Waals surface area contributed by atoms with E-state index in [1.54, 1.807) is 19.1 Å². The van der Waals surface area contributed by atoms with Crippen LogP contribution in [0.25, 0.3) is 0 Å². The van der Waals surface area contributed by atoms with Gasteiger partial charge in [-0.05, 0) is 38.5 Å². The molecule has 116 valence electrons. The Morgan fingerprint density at radius 2 is 1.86 bits per heavy atom. The smallest absolute Gasteiger partial charge is 0.315 e. The lowest BCUT2D eigenvalue weighted by Gasteiger charge is -2.28. The number of benzene rings is 1. The number of nitrogen functional groups attached to an aromatic ring is 1. The zero-order valence-electron chi connectivity index (χ0n) is 12.9. The summed E-state index contributed by atoms with van der Waals surface area (Å²) in [5.41, 5.74) is 6.71. The highest BCUT2D eigenvalue weighted by Gasteiger charge is 2.23. The summed E-state index contributed by atoms with van der Waals surface area (Å²) in [6, 6.07) is 6.67. The van der Waals surface area contributed by atoms with Crippen molar-refractivity contribution in [2.24, 2.45) is 0 Å². The molecule has 0 spiro atoms. The van der Waals surface area contributed by atoms with Gasteiger partial charge in [-0.1, -0.05) is 12.1 Å². The maximum atomic E-state index is 12.0. The molecule has 1 aromatic rings. The van der Waals surface area contributed by atoms with Crippen molar-refractivity contribution >= 4 is 17.7 Å². The number of rotatable bonds is 5. The minimum absolute atomic E-state index is 0.131. The van der Waals surface area contributed by atoms with E-state index in [2.05, 4.69) is 15.4 Å². The molecule has 0 aliphatic carbocycles. The van der Waals surface area contributed by atoms with Crippen molar-refractivity contribution in [3.8, 4) is 0 Å². The average molecular weight is 293 g/mol. The Morgan fingerprint density at radius 3 is 2.38 bits per heavy atom. The molecule has 0 saturated heterocycles. The number of hydrogen-bond acceptors (Lipinski definition) is 4. The molecule has 0 bridgehead atoms. The van der Waals surface area contributed by atoms with Crippen molar-refractivity contribution in [2.45, 2.75) is 38.8 Å². The average Bonchev–Trinajstić information content (AvgIpc) is 2.37. The maximum Gasteiger partial charge on any atom is 0.315 e. The SMILES string of the molecule is COC(=O)CC(C)NC(=O)NC(C)(C)c1ccc(N)cc1. The van der Waals surface area contributed by atoms with Crippen LogP contribution in [0.5, 0.6) is 0 Å². The van der Waals surface area contributed by atoms with Crippen LogP contribution in [0.4, 0.5) is 10.5 Å². The van der Waals surface area contributed by atoms with E-state index in [9.17, 15) is 9.59 Å². The maximum absolute atomic E-state index is 12.0. The number of esters is 1. The van der Waals surface area contributed by atoms with Crippen molar-refractivity contribution < 1.29 is 14.3 Å². The summed E-state index contributed by atoms with van der Waals surface area (Å²) in [5, 5.41) is 5.58. The van der Waals surface area contributed by atoms with Gasteiger partial charge >= 0.3 is 12.0 Å². The number of ether oxygens (including phenoxy) is 1. The molecule has 0 fully saturated rings. The number of carbonyl (C=O) groups is 2. The summed E-state index contributed by atoms with van der Waals surface area (Å²) in [5.74, 6) is -0.361. The van der Waals surface area contributed by atoms with Gasteiger partial charge in [0.25, 0.3) is 0 Å². The van der Waals surface area contributed by atoms with E-state index in [0.717, 1.165) is 5.56 Å². The van der Waals surface area contributed by atoms with Crippen LogP contribution in [0.2, 0.25) is 0 Å². The lowest BCUT2D eigenvalue weighted by molar-refractivity contribution is -0.141. The van der Waals surface area contributed by atoms with Crippen LogP contribution in [0.1, 0.15) is 32.8 Å². The zero-order chi connectivity index (χ0) is 16.0. The van der Waals surface area contributed by atoms with Gasteiger partial charge in [0.1, 0.15) is 0 Å². The van der Waals surface area contributed by atoms with Gasteiger partial charge in [0.15, 0.2) is 0 Å². The predicted molar refractivity (Wildman–Crippen MR) is 81.6 cm³/mol. The van der Waals surface area contributed by atoms with Gasteiger partial charge in [-0.3, -0.25) is 4.79 Å². The minimum atomic E-state index is -0.553. The first-order valence-electron chi connectivity index (χ1n) is 6.76. The van der Waals surface area contributed by atoms with Crippen LogP contribution in [-0.4, -0.2) is 25.2 Å². The third kappa shape index (κ3) is 5.33. The number of carbonyl (C=O) groups excluding carboxylic acids is 2. The molecule has 4 N–H and O–H groups in total. The van der Waals surface area contributed by atoms with Crippen LogP contribution in [-0.2, 0) is 15.1 Å². The summed E-state index contributed by atoms with van der Waals surface area (Å²) in [6.45, 7) is 5.53. The Morgan fingerprint density at radius 1 is 1.29 bits per heavy atom. The Balaban J connectivity index is 2.60. The standard InChI is InChI=1S/C15H23N3O3/c1-10(9-13(19)21-4)17-14(20)18-15(2,3)11-5-7-12(16)8-6-11/h5-8,10H,9,16H2,1-4H3,(H2,17,18,20). The normalized spacial score (nSPS) is 12.4. The summed E-state index contributed by atoms with van der Waals surface area (Å²) in [6.07, 6.45) is 0.131. The van der Waals surface area contributed by atoms with Crippen molar-refractivity contribution in [2.75, 3.05) is 12.8 Å². The molecule has 0 aliphatic heterocycles. The Hall–Kier alpha value is -2.24. The molecular formula is C15H23N3O3. The van der Waals surface area contributed by atoms with Crippen LogP contribution >= 0.6 is 0 Å². The molecule has 0 saturated carbocycles. The van der Waals surface area contributed by atoms with Crippen LogP contribution in [0.15, 0.2) is 24.3 Å². The highest BCUT2D eigenvalue weighted by atomic mass is 16.5. The summed E-state index contributed by atoms with van der Waals surface area (Å²) >= 11 is 0. The van der Waals surface area contributed by atoms with Gasteiger partial charge in [-0.15, -0.1) is 0 Å². The highest BCUT2D eigenvalue weighted by molar-refractivity contribution is 5.77. The number of amides is 2.